The number of allylic oxidation sites excluding steroid dienone is 1. The Kier molecular flexibility index (Phi) is 5.52. The molecule has 0 radical (unpaired) electrons. The molecule has 0 bridgehead atoms. The van der Waals surface area contributed by atoms with Crippen LogP contribution in [0.4, 0.5) is 0 Å². The molecule has 7 heteroatoms. The highest BCUT2D eigenvalue weighted by atomic mass is 35.5. The lowest BCUT2D eigenvalue weighted by Gasteiger charge is -2.26. The molecule has 4 rings (SSSR count). The Morgan fingerprint density at radius 1 is 1.10 bits per heavy atom. The van der Waals surface area contributed by atoms with Crippen LogP contribution in [0.25, 0.3) is 0 Å². The lowest BCUT2D eigenvalue weighted by Crippen LogP contribution is -2.21. The third-order valence-electron chi connectivity index (χ3n) is 4.91. The summed E-state index contributed by atoms with van der Waals surface area (Å²) >= 11 is 6.01. The predicted octanol–water partition coefficient (Wildman–Crippen LogP) is 4.79. The number of hydrogen-bond acceptors (Lipinski definition) is 6. The molecule has 0 saturated heterocycles. The van der Waals surface area contributed by atoms with Crippen LogP contribution < -0.4 is 19.9 Å². The number of fused-ring (bicyclic) bond motifs is 1. The SMILES string of the molecule is COc1cccc(C(=O)Oc2ccc3c(c2)OC(N)=C(C#N)C3c2ccc(Cl)cc2)c1. The first-order valence-corrected chi connectivity index (χ1v) is 9.71. The van der Waals surface area contributed by atoms with Gasteiger partial charge < -0.3 is 19.9 Å². The first-order chi connectivity index (χ1) is 15.0. The fraction of sp³-hybridized carbons (Fsp3) is 0.0833. The van der Waals surface area contributed by atoms with Gasteiger partial charge in [0.05, 0.1) is 18.6 Å². The summed E-state index contributed by atoms with van der Waals surface area (Å²) in [7, 11) is 1.52. The van der Waals surface area contributed by atoms with E-state index in [4.69, 9.17) is 31.5 Å². The van der Waals surface area contributed by atoms with Crippen LogP contribution in [-0.2, 0) is 0 Å². The van der Waals surface area contributed by atoms with Crippen LogP contribution >= 0.6 is 11.6 Å². The van der Waals surface area contributed by atoms with E-state index in [1.807, 2.05) is 12.1 Å². The van der Waals surface area contributed by atoms with Gasteiger partial charge in [-0.15, -0.1) is 0 Å². The number of nitriles is 1. The van der Waals surface area contributed by atoms with Gasteiger partial charge >= 0.3 is 5.97 Å². The molecular formula is C24H17ClN2O4. The quantitative estimate of drug-likeness (QED) is 0.470. The highest BCUT2D eigenvalue weighted by Crippen LogP contribution is 2.43. The molecular weight excluding hydrogens is 416 g/mol. The van der Waals surface area contributed by atoms with Crippen LogP contribution in [0.2, 0.25) is 5.02 Å². The van der Waals surface area contributed by atoms with E-state index >= 15 is 0 Å². The van der Waals surface area contributed by atoms with E-state index < -0.39 is 11.9 Å². The average Bonchev–Trinajstić information content (AvgIpc) is 2.78. The van der Waals surface area contributed by atoms with Crippen LogP contribution in [0, 0.1) is 11.3 Å². The summed E-state index contributed by atoms with van der Waals surface area (Å²) < 4.78 is 16.3. The summed E-state index contributed by atoms with van der Waals surface area (Å²) in [6.07, 6.45) is 0. The third kappa shape index (κ3) is 4.04. The van der Waals surface area contributed by atoms with Crippen molar-refractivity contribution in [2.24, 2.45) is 5.73 Å². The van der Waals surface area contributed by atoms with Crippen molar-refractivity contribution < 1.29 is 19.0 Å². The van der Waals surface area contributed by atoms with E-state index in [9.17, 15) is 10.1 Å². The predicted molar refractivity (Wildman–Crippen MR) is 115 cm³/mol. The number of nitrogens with zero attached hydrogens (tertiary/aromatic N) is 1. The van der Waals surface area contributed by atoms with Gasteiger partial charge in [0.25, 0.3) is 0 Å². The Labute approximate surface area is 184 Å². The fourth-order valence-corrected chi connectivity index (χ4v) is 3.54. The minimum Gasteiger partial charge on any atom is -0.497 e. The zero-order chi connectivity index (χ0) is 22.0. The standard InChI is InChI=1S/C24H17ClN2O4/c1-29-17-4-2-3-15(11-17)24(28)30-18-9-10-19-21(12-18)31-23(27)20(13-26)22(19)14-5-7-16(25)8-6-14/h2-12,22H,27H2,1H3. The summed E-state index contributed by atoms with van der Waals surface area (Å²) in [5.74, 6) is 0.295. The van der Waals surface area contributed by atoms with Crippen molar-refractivity contribution in [1.29, 1.82) is 5.26 Å². The number of hydrogen-bond donors (Lipinski definition) is 1. The maximum Gasteiger partial charge on any atom is 0.343 e. The summed E-state index contributed by atoms with van der Waals surface area (Å²) in [6, 6.07) is 21.0. The lowest BCUT2D eigenvalue weighted by molar-refractivity contribution is 0.0734. The Bertz CT molecular complexity index is 1230. The van der Waals surface area contributed by atoms with Gasteiger partial charge in [0.2, 0.25) is 5.88 Å². The van der Waals surface area contributed by atoms with E-state index in [0.29, 0.717) is 27.7 Å². The van der Waals surface area contributed by atoms with Crippen LogP contribution in [0.5, 0.6) is 17.2 Å². The molecule has 1 heterocycles. The number of halogens is 1. The Balaban J connectivity index is 1.67. The molecule has 0 spiro atoms. The monoisotopic (exact) mass is 432 g/mol. The van der Waals surface area contributed by atoms with E-state index in [0.717, 1.165) is 11.1 Å². The highest BCUT2D eigenvalue weighted by Gasteiger charge is 2.31. The Morgan fingerprint density at radius 2 is 1.87 bits per heavy atom. The molecule has 1 atom stereocenters. The minimum absolute atomic E-state index is 0.00576. The van der Waals surface area contributed by atoms with Gasteiger partial charge in [-0.2, -0.15) is 5.26 Å². The first-order valence-electron chi connectivity index (χ1n) is 9.33. The number of carbonyl (C=O) groups excluding carboxylic acids is 1. The fourth-order valence-electron chi connectivity index (χ4n) is 3.41. The van der Waals surface area contributed by atoms with Gasteiger partial charge in [0.1, 0.15) is 28.9 Å². The molecule has 2 N–H and O–H groups in total. The van der Waals surface area contributed by atoms with Crippen molar-refractivity contribution in [1.82, 2.24) is 0 Å². The molecule has 0 aliphatic carbocycles. The first kappa shape index (κ1) is 20.3. The molecule has 0 saturated carbocycles. The Morgan fingerprint density at radius 3 is 2.58 bits per heavy atom. The largest absolute Gasteiger partial charge is 0.497 e. The maximum absolute atomic E-state index is 12.5. The zero-order valence-electron chi connectivity index (χ0n) is 16.5. The molecule has 6 nitrogen and oxygen atoms in total. The van der Waals surface area contributed by atoms with Crippen molar-refractivity contribution in [2.75, 3.05) is 7.11 Å². The second kappa shape index (κ2) is 8.42. The topological polar surface area (TPSA) is 94.6 Å². The van der Waals surface area contributed by atoms with Gasteiger partial charge in [0.15, 0.2) is 0 Å². The second-order valence-electron chi connectivity index (χ2n) is 6.80. The lowest BCUT2D eigenvalue weighted by atomic mass is 9.83. The Hall–Kier alpha value is -3.95. The van der Waals surface area contributed by atoms with Gasteiger partial charge in [-0.3, -0.25) is 0 Å². The number of nitrogens with two attached hydrogens (primary N) is 1. The molecule has 154 valence electrons. The molecule has 31 heavy (non-hydrogen) atoms. The van der Waals surface area contributed by atoms with E-state index in [1.54, 1.807) is 54.6 Å². The molecule has 0 aromatic heterocycles. The average molecular weight is 433 g/mol. The summed E-state index contributed by atoms with van der Waals surface area (Å²) in [4.78, 5) is 12.5. The van der Waals surface area contributed by atoms with Crippen molar-refractivity contribution in [3.8, 4) is 23.3 Å². The smallest absolute Gasteiger partial charge is 0.343 e. The van der Waals surface area contributed by atoms with E-state index in [2.05, 4.69) is 6.07 Å². The molecule has 1 unspecified atom stereocenters. The highest BCUT2D eigenvalue weighted by molar-refractivity contribution is 6.30. The molecule has 0 fully saturated rings. The van der Waals surface area contributed by atoms with E-state index in [1.165, 1.54) is 7.11 Å². The van der Waals surface area contributed by atoms with Gasteiger partial charge in [-0.25, -0.2) is 4.79 Å². The number of methoxy groups -OCH3 is 1. The molecule has 1 aliphatic rings. The van der Waals surface area contributed by atoms with Crippen molar-refractivity contribution >= 4 is 17.6 Å². The molecule has 3 aromatic rings. The van der Waals surface area contributed by atoms with Crippen LogP contribution in [-0.4, -0.2) is 13.1 Å². The van der Waals surface area contributed by atoms with Crippen molar-refractivity contribution in [3.05, 3.63) is 99.9 Å². The summed E-state index contributed by atoms with van der Waals surface area (Å²) in [6.45, 7) is 0. The second-order valence-corrected chi connectivity index (χ2v) is 7.23. The van der Waals surface area contributed by atoms with Crippen LogP contribution in [0.15, 0.2) is 78.2 Å². The third-order valence-corrected chi connectivity index (χ3v) is 5.16. The zero-order valence-corrected chi connectivity index (χ0v) is 17.2. The molecule has 1 aliphatic heterocycles. The van der Waals surface area contributed by atoms with Crippen molar-refractivity contribution in [3.63, 3.8) is 0 Å². The number of esters is 1. The van der Waals surface area contributed by atoms with Crippen molar-refractivity contribution in [2.45, 2.75) is 5.92 Å². The summed E-state index contributed by atoms with van der Waals surface area (Å²) in [5.41, 5.74) is 8.25. The number of rotatable bonds is 4. The minimum atomic E-state index is -0.537. The number of ether oxygens (including phenoxy) is 3. The normalized spacial score (nSPS) is 14.8. The van der Waals surface area contributed by atoms with Crippen LogP contribution in [0.1, 0.15) is 27.4 Å². The number of carbonyl (C=O) groups is 1. The van der Waals surface area contributed by atoms with Gasteiger partial charge in [-0.1, -0.05) is 35.9 Å². The van der Waals surface area contributed by atoms with Gasteiger partial charge in [-0.05, 0) is 42.0 Å². The summed E-state index contributed by atoms with van der Waals surface area (Å²) in [5, 5.41) is 10.2. The maximum atomic E-state index is 12.5. The molecule has 0 amide bonds. The van der Waals surface area contributed by atoms with Gasteiger partial charge in [0, 0.05) is 16.7 Å². The van der Waals surface area contributed by atoms with Crippen LogP contribution in [0.3, 0.4) is 0 Å². The van der Waals surface area contributed by atoms with E-state index in [-0.39, 0.29) is 11.6 Å². The molecule has 3 aromatic carbocycles. The number of benzene rings is 3.